The van der Waals surface area contributed by atoms with Crippen LogP contribution in [0.25, 0.3) is 0 Å². The van der Waals surface area contributed by atoms with E-state index in [1.165, 1.54) is 12.7 Å². The van der Waals surface area contributed by atoms with Crippen molar-refractivity contribution in [2.45, 2.75) is 32.1 Å². The fourth-order valence-corrected chi connectivity index (χ4v) is 1.42. The van der Waals surface area contributed by atoms with E-state index in [1.807, 2.05) is 12.3 Å². The zero-order valence-corrected chi connectivity index (χ0v) is 9.11. The van der Waals surface area contributed by atoms with Crippen LogP contribution in [-0.4, -0.2) is 18.1 Å². The van der Waals surface area contributed by atoms with Gasteiger partial charge in [-0.15, -0.1) is 0 Å². The fourth-order valence-electron chi connectivity index (χ4n) is 1.42. The Morgan fingerprint density at radius 3 is 2.93 bits per heavy atom. The van der Waals surface area contributed by atoms with E-state index in [0.717, 1.165) is 25.7 Å². The number of nitrogens with zero attached hydrogens (tertiary/aromatic N) is 1. The molecule has 0 amide bonds. The van der Waals surface area contributed by atoms with E-state index in [0.29, 0.717) is 6.42 Å². The smallest absolute Gasteiger partial charge is 0.305 e. The highest BCUT2D eigenvalue weighted by atomic mass is 16.5. The summed E-state index contributed by atoms with van der Waals surface area (Å²) in [6.07, 6.45) is 8.30. The minimum atomic E-state index is -0.114. The number of carbonyl (C=O) groups is 1. The lowest BCUT2D eigenvalue weighted by Gasteiger charge is -2.00. The molecule has 0 aromatic carbocycles. The van der Waals surface area contributed by atoms with Crippen molar-refractivity contribution in [3.8, 4) is 0 Å². The Kier molecular flexibility index (Phi) is 5.44. The normalized spacial score (nSPS) is 9.93. The lowest BCUT2D eigenvalue weighted by atomic mass is 10.1. The molecule has 0 aliphatic heterocycles. The van der Waals surface area contributed by atoms with Crippen LogP contribution in [0.2, 0.25) is 0 Å². The van der Waals surface area contributed by atoms with Crippen LogP contribution < -0.4 is 0 Å². The third-order valence-corrected chi connectivity index (χ3v) is 2.30. The number of carbonyl (C=O) groups excluding carboxylic acids is 1. The van der Waals surface area contributed by atoms with Crippen LogP contribution in [0.4, 0.5) is 0 Å². The number of hydrogen-bond donors (Lipinski definition) is 0. The molecule has 0 radical (unpaired) electrons. The van der Waals surface area contributed by atoms with Crippen molar-refractivity contribution in [1.82, 2.24) is 4.98 Å². The van der Waals surface area contributed by atoms with Crippen molar-refractivity contribution in [3.05, 3.63) is 30.1 Å². The lowest BCUT2D eigenvalue weighted by Crippen LogP contribution is -1.99. The van der Waals surface area contributed by atoms with Crippen LogP contribution in [0.1, 0.15) is 31.2 Å². The van der Waals surface area contributed by atoms with Gasteiger partial charge in [-0.05, 0) is 30.9 Å². The highest BCUT2D eigenvalue weighted by Crippen LogP contribution is 2.06. The quantitative estimate of drug-likeness (QED) is 0.531. The van der Waals surface area contributed by atoms with Gasteiger partial charge in [0.1, 0.15) is 0 Å². The van der Waals surface area contributed by atoms with Gasteiger partial charge in [-0.2, -0.15) is 0 Å². The number of unbranched alkanes of at least 4 members (excludes halogenated alkanes) is 2. The van der Waals surface area contributed by atoms with Gasteiger partial charge in [0.15, 0.2) is 0 Å². The predicted molar refractivity (Wildman–Crippen MR) is 58.4 cm³/mol. The molecule has 0 saturated carbocycles. The molecule has 1 rings (SSSR count). The van der Waals surface area contributed by atoms with Crippen molar-refractivity contribution >= 4 is 5.97 Å². The standard InChI is InChI=1S/C12H17NO2/c1-15-12(14)8-4-2-3-6-11-7-5-9-13-10-11/h5,7,9-10H,2-4,6,8H2,1H3. The molecule has 3 nitrogen and oxygen atoms in total. The van der Waals surface area contributed by atoms with Gasteiger partial charge in [0, 0.05) is 18.8 Å². The van der Waals surface area contributed by atoms with Crippen LogP contribution >= 0.6 is 0 Å². The van der Waals surface area contributed by atoms with Gasteiger partial charge in [0.05, 0.1) is 7.11 Å². The molecule has 0 fully saturated rings. The molecule has 0 N–H and O–H groups in total. The summed E-state index contributed by atoms with van der Waals surface area (Å²) in [7, 11) is 1.43. The van der Waals surface area contributed by atoms with Crippen LogP contribution in [0.5, 0.6) is 0 Å². The van der Waals surface area contributed by atoms with Crippen LogP contribution in [-0.2, 0) is 16.0 Å². The van der Waals surface area contributed by atoms with E-state index in [-0.39, 0.29) is 5.97 Å². The van der Waals surface area contributed by atoms with Crippen LogP contribution in [0, 0.1) is 0 Å². The highest BCUT2D eigenvalue weighted by Gasteiger charge is 1.99. The first kappa shape index (κ1) is 11.7. The number of aryl methyl sites for hydroxylation is 1. The average Bonchev–Trinajstić information content (AvgIpc) is 2.29. The molecular formula is C12H17NO2. The van der Waals surface area contributed by atoms with Crippen molar-refractivity contribution in [3.63, 3.8) is 0 Å². The van der Waals surface area contributed by atoms with Crippen molar-refractivity contribution in [2.75, 3.05) is 7.11 Å². The van der Waals surface area contributed by atoms with E-state index in [1.54, 1.807) is 6.20 Å². The molecule has 0 bridgehead atoms. The summed E-state index contributed by atoms with van der Waals surface area (Å²) < 4.78 is 4.57. The number of hydrogen-bond acceptors (Lipinski definition) is 3. The Bertz CT molecular complexity index is 285. The Hall–Kier alpha value is -1.38. The second kappa shape index (κ2) is 6.98. The van der Waals surface area contributed by atoms with E-state index < -0.39 is 0 Å². The van der Waals surface area contributed by atoms with E-state index in [4.69, 9.17) is 0 Å². The Morgan fingerprint density at radius 1 is 1.40 bits per heavy atom. The molecule has 3 heteroatoms. The summed E-state index contributed by atoms with van der Waals surface area (Å²) in [5.74, 6) is -0.114. The van der Waals surface area contributed by atoms with Gasteiger partial charge < -0.3 is 4.74 Å². The summed E-state index contributed by atoms with van der Waals surface area (Å²) in [5.41, 5.74) is 1.26. The second-order valence-corrected chi connectivity index (χ2v) is 3.50. The van der Waals surface area contributed by atoms with Gasteiger partial charge in [-0.1, -0.05) is 12.5 Å². The van der Waals surface area contributed by atoms with Gasteiger partial charge in [-0.3, -0.25) is 9.78 Å². The first-order chi connectivity index (χ1) is 7.33. The number of pyridine rings is 1. The largest absolute Gasteiger partial charge is 0.469 e. The molecule has 82 valence electrons. The number of aromatic nitrogens is 1. The number of ether oxygens (including phenoxy) is 1. The SMILES string of the molecule is COC(=O)CCCCCc1cccnc1. The van der Waals surface area contributed by atoms with Crippen molar-refractivity contribution in [1.29, 1.82) is 0 Å². The predicted octanol–water partition coefficient (Wildman–Crippen LogP) is 2.36. The maximum absolute atomic E-state index is 10.8. The topological polar surface area (TPSA) is 39.2 Å². The molecule has 0 atom stereocenters. The van der Waals surface area contributed by atoms with Gasteiger partial charge in [0.25, 0.3) is 0 Å². The third-order valence-electron chi connectivity index (χ3n) is 2.30. The zero-order valence-electron chi connectivity index (χ0n) is 9.11. The number of rotatable bonds is 6. The van der Waals surface area contributed by atoms with Crippen LogP contribution in [0.3, 0.4) is 0 Å². The van der Waals surface area contributed by atoms with Crippen LogP contribution in [0.15, 0.2) is 24.5 Å². The van der Waals surface area contributed by atoms with Gasteiger partial charge in [0.2, 0.25) is 0 Å². The molecule has 15 heavy (non-hydrogen) atoms. The molecule has 0 aliphatic rings. The molecule has 1 aromatic rings. The van der Waals surface area contributed by atoms with Crippen molar-refractivity contribution in [2.24, 2.45) is 0 Å². The Labute approximate surface area is 90.5 Å². The maximum Gasteiger partial charge on any atom is 0.305 e. The van der Waals surface area contributed by atoms with Gasteiger partial charge >= 0.3 is 5.97 Å². The summed E-state index contributed by atoms with van der Waals surface area (Å²) in [5, 5.41) is 0. The van der Waals surface area contributed by atoms with E-state index in [2.05, 4.69) is 15.8 Å². The molecule has 1 heterocycles. The van der Waals surface area contributed by atoms with Crippen molar-refractivity contribution < 1.29 is 9.53 Å². The second-order valence-electron chi connectivity index (χ2n) is 3.50. The summed E-state index contributed by atoms with van der Waals surface area (Å²) in [4.78, 5) is 14.9. The first-order valence-corrected chi connectivity index (χ1v) is 5.28. The minimum Gasteiger partial charge on any atom is -0.469 e. The number of esters is 1. The Balaban J connectivity index is 2.05. The van der Waals surface area contributed by atoms with E-state index in [9.17, 15) is 4.79 Å². The van der Waals surface area contributed by atoms with Gasteiger partial charge in [-0.25, -0.2) is 0 Å². The molecule has 0 aliphatic carbocycles. The third kappa shape index (κ3) is 5.15. The summed E-state index contributed by atoms with van der Waals surface area (Å²) in [6, 6.07) is 4.02. The minimum absolute atomic E-state index is 0.114. The first-order valence-electron chi connectivity index (χ1n) is 5.28. The molecule has 0 unspecified atom stereocenters. The summed E-state index contributed by atoms with van der Waals surface area (Å²) in [6.45, 7) is 0. The monoisotopic (exact) mass is 207 g/mol. The van der Waals surface area contributed by atoms with E-state index >= 15 is 0 Å². The fraction of sp³-hybridized carbons (Fsp3) is 0.500. The molecular weight excluding hydrogens is 190 g/mol. The number of methoxy groups -OCH3 is 1. The molecule has 0 spiro atoms. The molecule has 0 saturated heterocycles. The lowest BCUT2D eigenvalue weighted by molar-refractivity contribution is -0.140. The zero-order chi connectivity index (χ0) is 10.9. The maximum atomic E-state index is 10.8. The average molecular weight is 207 g/mol. The summed E-state index contributed by atoms with van der Waals surface area (Å²) >= 11 is 0. The Morgan fingerprint density at radius 2 is 2.27 bits per heavy atom. The highest BCUT2D eigenvalue weighted by molar-refractivity contribution is 5.68. The molecule has 1 aromatic heterocycles.